The number of hydrogen-bond acceptors (Lipinski definition) is 3. The number of carbonyl (C=O) groups excluding carboxylic acids is 3. The van der Waals surface area contributed by atoms with Crippen molar-refractivity contribution in [2.24, 2.45) is 17.8 Å². The Morgan fingerprint density at radius 2 is 1.73 bits per heavy atom. The van der Waals surface area contributed by atoms with Gasteiger partial charge >= 0.3 is 0 Å². The summed E-state index contributed by atoms with van der Waals surface area (Å²) in [6.07, 6.45) is 5.42. The van der Waals surface area contributed by atoms with Gasteiger partial charge in [0.15, 0.2) is 0 Å². The molecule has 0 bridgehead atoms. The number of anilines is 1. The molecule has 1 aromatic rings. The molecular formula is C20H23ClN2O3. The third-order valence-corrected chi connectivity index (χ3v) is 5.31. The normalized spacial score (nSPS) is 23.3. The standard InChI is InChI=1S/C20H23ClN2O3/c1-12(2)11-17(18(24)22-16-10-6-5-9-15(16)21)23-19(25)13-7-3-4-8-14(13)20(23)26/h3-6,9-10,12-14,17H,7-8,11H2,1-2H3,(H,22,24). The Kier molecular flexibility index (Phi) is 5.47. The summed E-state index contributed by atoms with van der Waals surface area (Å²) in [4.78, 5) is 39.9. The van der Waals surface area contributed by atoms with Gasteiger partial charge in [0.2, 0.25) is 17.7 Å². The smallest absolute Gasteiger partial charge is 0.247 e. The summed E-state index contributed by atoms with van der Waals surface area (Å²) in [5.74, 6) is -1.36. The average Bonchev–Trinajstić information content (AvgIpc) is 2.86. The average molecular weight is 375 g/mol. The fraction of sp³-hybridized carbons (Fsp3) is 0.450. The van der Waals surface area contributed by atoms with Crippen LogP contribution in [0.2, 0.25) is 5.02 Å². The lowest BCUT2D eigenvalue weighted by molar-refractivity contribution is -0.147. The van der Waals surface area contributed by atoms with Crippen LogP contribution in [0.15, 0.2) is 36.4 Å². The first-order chi connectivity index (χ1) is 12.4. The minimum atomic E-state index is -0.822. The van der Waals surface area contributed by atoms with Gasteiger partial charge in [-0.05, 0) is 37.3 Å². The number of para-hydroxylation sites is 1. The predicted molar refractivity (Wildman–Crippen MR) is 101 cm³/mol. The summed E-state index contributed by atoms with van der Waals surface area (Å²) in [6.45, 7) is 3.94. The number of imide groups is 1. The van der Waals surface area contributed by atoms with Crippen molar-refractivity contribution >= 4 is 35.0 Å². The largest absolute Gasteiger partial charge is 0.323 e. The Morgan fingerprint density at radius 3 is 2.27 bits per heavy atom. The van der Waals surface area contributed by atoms with E-state index in [1.165, 1.54) is 4.90 Å². The van der Waals surface area contributed by atoms with Crippen LogP contribution in [0.5, 0.6) is 0 Å². The van der Waals surface area contributed by atoms with Crippen molar-refractivity contribution in [3.8, 4) is 0 Å². The molecule has 3 amide bonds. The molecule has 1 aromatic carbocycles. The molecule has 0 aromatic heterocycles. The van der Waals surface area contributed by atoms with Gasteiger partial charge in [-0.2, -0.15) is 0 Å². The van der Waals surface area contributed by atoms with E-state index in [9.17, 15) is 14.4 Å². The third kappa shape index (κ3) is 3.54. The lowest BCUT2D eigenvalue weighted by Gasteiger charge is -2.27. The molecule has 5 nitrogen and oxygen atoms in total. The molecule has 2 aliphatic rings. The second-order valence-electron chi connectivity index (χ2n) is 7.32. The molecule has 6 heteroatoms. The summed E-state index contributed by atoms with van der Waals surface area (Å²) in [6, 6.07) is 6.10. The molecule has 0 saturated carbocycles. The lowest BCUT2D eigenvalue weighted by Crippen LogP contribution is -2.48. The van der Waals surface area contributed by atoms with Crippen LogP contribution in [0, 0.1) is 17.8 Å². The Hall–Kier alpha value is -2.14. The fourth-order valence-corrected chi connectivity index (χ4v) is 3.87. The zero-order chi connectivity index (χ0) is 18.8. The number of amides is 3. The monoisotopic (exact) mass is 374 g/mol. The zero-order valence-electron chi connectivity index (χ0n) is 14.9. The maximum Gasteiger partial charge on any atom is 0.247 e. The van der Waals surface area contributed by atoms with Crippen molar-refractivity contribution in [2.75, 3.05) is 5.32 Å². The second kappa shape index (κ2) is 7.62. The van der Waals surface area contributed by atoms with E-state index in [2.05, 4.69) is 5.32 Å². The van der Waals surface area contributed by atoms with Crippen molar-refractivity contribution in [3.63, 3.8) is 0 Å². The van der Waals surface area contributed by atoms with Crippen LogP contribution in [0.3, 0.4) is 0 Å². The minimum Gasteiger partial charge on any atom is -0.323 e. The van der Waals surface area contributed by atoms with Crippen LogP contribution in [-0.4, -0.2) is 28.7 Å². The molecule has 1 fully saturated rings. The Bertz CT molecular complexity index is 733. The number of nitrogens with zero attached hydrogens (tertiary/aromatic N) is 1. The van der Waals surface area contributed by atoms with E-state index in [0.717, 1.165) is 0 Å². The molecule has 138 valence electrons. The van der Waals surface area contributed by atoms with Crippen LogP contribution in [-0.2, 0) is 14.4 Å². The Balaban J connectivity index is 1.86. The van der Waals surface area contributed by atoms with Gasteiger partial charge in [0.25, 0.3) is 0 Å². The van der Waals surface area contributed by atoms with E-state index in [1.54, 1.807) is 24.3 Å². The van der Waals surface area contributed by atoms with Crippen molar-refractivity contribution in [2.45, 2.75) is 39.2 Å². The van der Waals surface area contributed by atoms with Crippen LogP contribution >= 0.6 is 11.6 Å². The lowest BCUT2D eigenvalue weighted by atomic mass is 9.85. The van der Waals surface area contributed by atoms with E-state index in [-0.39, 0.29) is 35.5 Å². The van der Waals surface area contributed by atoms with Crippen LogP contribution in [0.4, 0.5) is 5.69 Å². The summed E-state index contributed by atoms with van der Waals surface area (Å²) in [5.41, 5.74) is 0.478. The number of benzene rings is 1. The van der Waals surface area contributed by atoms with E-state index in [0.29, 0.717) is 30.0 Å². The molecule has 1 N–H and O–H groups in total. The number of likely N-dealkylation sites (tertiary alicyclic amines) is 1. The number of rotatable bonds is 5. The minimum absolute atomic E-state index is 0.151. The van der Waals surface area contributed by atoms with E-state index < -0.39 is 6.04 Å². The van der Waals surface area contributed by atoms with Gasteiger partial charge in [-0.25, -0.2) is 0 Å². The fourth-order valence-electron chi connectivity index (χ4n) is 3.69. The van der Waals surface area contributed by atoms with Crippen LogP contribution < -0.4 is 5.32 Å². The van der Waals surface area contributed by atoms with Crippen LogP contribution in [0.1, 0.15) is 33.1 Å². The molecule has 3 rings (SSSR count). The predicted octanol–water partition coefficient (Wildman–Crippen LogP) is 3.64. The van der Waals surface area contributed by atoms with Crippen molar-refractivity contribution in [3.05, 3.63) is 41.4 Å². The summed E-state index contributed by atoms with van der Waals surface area (Å²) in [7, 11) is 0. The number of allylic oxidation sites excluding steroid dienone is 2. The quantitative estimate of drug-likeness (QED) is 0.632. The van der Waals surface area contributed by atoms with E-state index in [4.69, 9.17) is 11.6 Å². The molecule has 0 spiro atoms. The number of halogens is 1. The molecule has 3 atom stereocenters. The van der Waals surface area contributed by atoms with E-state index in [1.807, 2.05) is 26.0 Å². The molecule has 1 aliphatic heterocycles. The van der Waals surface area contributed by atoms with Crippen molar-refractivity contribution in [1.29, 1.82) is 0 Å². The first-order valence-corrected chi connectivity index (χ1v) is 9.35. The highest BCUT2D eigenvalue weighted by Gasteiger charge is 2.51. The van der Waals surface area contributed by atoms with Gasteiger partial charge in [0, 0.05) is 0 Å². The molecule has 3 unspecified atom stereocenters. The molecule has 1 heterocycles. The highest BCUT2D eigenvalue weighted by molar-refractivity contribution is 6.33. The van der Waals surface area contributed by atoms with Crippen LogP contribution in [0.25, 0.3) is 0 Å². The molecule has 1 aliphatic carbocycles. The second-order valence-corrected chi connectivity index (χ2v) is 7.72. The SMILES string of the molecule is CC(C)CC(C(=O)Nc1ccccc1Cl)N1C(=O)C2CC=CCC2C1=O. The van der Waals surface area contributed by atoms with Gasteiger partial charge in [-0.15, -0.1) is 0 Å². The van der Waals surface area contributed by atoms with Gasteiger partial charge in [-0.1, -0.05) is 49.7 Å². The van der Waals surface area contributed by atoms with Crippen molar-refractivity contribution in [1.82, 2.24) is 4.90 Å². The molecule has 26 heavy (non-hydrogen) atoms. The maximum absolute atomic E-state index is 13.0. The van der Waals surface area contributed by atoms with Gasteiger partial charge in [0.05, 0.1) is 22.5 Å². The first-order valence-electron chi connectivity index (χ1n) is 8.97. The van der Waals surface area contributed by atoms with Gasteiger partial charge in [0.1, 0.15) is 6.04 Å². The number of nitrogens with one attached hydrogen (secondary N) is 1. The Morgan fingerprint density at radius 1 is 1.15 bits per heavy atom. The Labute approximate surface area is 158 Å². The third-order valence-electron chi connectivity index (χ3n) is 4.98. The number of fused-ring (bicyclic) bond motifs is 1. The van der Waals surface area contributed by atoms with Crippen molar-refractivity contribution < 1.29 is 14.4 Å². The van der Waals surface area contributed by atoms with Gasteiger partial charge in [-0.3, -0.25) is 19.3 Å². The number of hydrogen-bond donors (Lipinski definition) is 1. The van der Waals surface area contributed by atoms with E-state index >= 15 is 0 Å². The summed E-state index contributed by atoms with van der Waals surface area (Å²) >= 11 is 6.12. The molecule has 0 radical (unpaired) electrons. The molecular weight excluding hydrogens is 352 g/mol. The zero-order valence-corrected chi connectivity index (χ0v) is 15.7. The highest BCUT2D eigenvalue weighted by atomic mass is 35.5. The number of carbonyl (C=O) groups is 3. The maximum atomic E-state index is 13.0. The summed E-state index contributed by atoms with van der Waals surface area (Å²) < 4.78 is 0. The summed E-state index contributed by atoms with van der Waals surface area (Å²) in [5, 5.41) is 3.20. The van der Waals surface area contributed by atoms with Gasteiger partial charge < -0.3 is 5.32 Å². The first kappa shape index (κ1) is 18.6. The highest BCUT2D eigenvalue weighted by Crippen LogP contribution is 2.37. The molecule has 1 saturated heterocycles. The topological polar surface area (TPSA) is 66.5 Å².